The molecule has 0 heterocycles. The van der Waals surface area contributed by atoms with Gasteiger partial charge in [0.1, 0.15) is 24.2 Å². The lowest BCUT2D eigenvalue weighted by Gasteiger charge is -2.26. The molecule has 0 fully saturated rings. The van der Waals surface area contributed by atoms with Crippen molar-refractivity contribution in [1.82, 2.24) is 21.3 Å². The fourth-order valence-electron chi connectivity index (χ4n) is 3.50. The summed E-state index contributed by atoms with van der Waals surface area (Å²) in [5.74, 6) is -6.80. The molecule has 18 heteroatoms. The molecule has 0 bridgehead atoms. The minimum atomic E-state index is -1.63. The smallest absolute Gasteiger partial charge is 0.326 e. The first-order chi connectivity index (χ1) is 19.1. The molecule has 6 amide bonds. The van der Waals surface area contributed by atoms with E-state index < -0.39 is 72.0 Å². The van der Waals surface area contributed by atoms with Crippen molar-refractivity contribution in [1.29, 1.82) is 0 Å². The summed E-state index contributed by atoms with van der Waals surface area (Å²) in [6, 6.07) is -5.52. The zero-order valence-electron chi connectivity index (χ0n) is 23.2. The zero-order valence-corrected chi connectivity index (χ0v) is 23.2. The molecule has 0 rings (SSSR count). The van der Waals surface area contributed by atoms with Crippen LogP contribution < -0.4 is 49.9 Å². The number of carbonyl (C=O) groups is 7. The van der Waals surface area contributed by atoms with Crippen LogP contribution in [-0.4, -0.2) is 89.7 Å². The third-order valence-corrected chi connectivity index (χ3v) is 5.45. The molecule has 0 aromatic heterocycles. The first-order valence-corrected chi connectivity index (χ1v) is 12.8. The summed E-state index contributed by atoms with van der Waals surface area (Å²) in [5, 5.41) is 18.8. The Morgan fingerprint density at radius 1 is 0.732 bits per heavy atom. The summed E-state index contributed by atoms with van der Waals surface area (Å²) in [6.07, 6.45) is -1.03. The molecule has 232 valence electrons. The van der Waals surface area contributed by atoms with Gasteiger partial charge >= 0.3 is 5.97 Å². The first kappa shape index (κ1) is 36.5. The summed E-state index contributed by atoms with van der Waals surface area (Å²) < 4.78 is 0. The Bertz CT molecular complexity index is 983. The number of carboxylic acids is 1. The Hall–Kier alpha value is -4.48. The molecule has 0 aliphatic carbocycles. The van der Waals surface area contributed by atoms with Gasteiger partial charge in [-0.25, -0.2) is 4.79 Å². The van der Waals surface area contributed by atoms with Gasteiger partial charge in [0.15, 0.2) is 5.96 Å². The van der Waals surface area contributed by atoms with Crippen molar-refractivity contribution < 1.29 is 38.7 Å². The van der Waals surface area contributed by atoms with E-state index in [0.717, 1.165) is 0 Å². The fraction of sp³-hybridized carbons (Fsp3) is 0.652. The van der Waals surface area contributed by atoms with Crippen LogP contribution >= 0.6 is 0 Å². The second-order valence-electron chi connectivity index (χ2n) is 9.60. The van der Waals surface area contributed by atoms with Crippen molar-refractivity contribution >= 4 is 47.4 Å². The standard InChI is InChI=1S/C23H42N10O8/c1-11(2)8-14(30-18(36)10-24)20(38)31-12(4-3-7-29-23(27)28)19(37)33-15(9-17(26)35)21(39)32-13(22(40)41)5-6-16(25)34/h11-15H,3-10,24H2,1-2H3,(H2,25,34)(H2,26,35)(H,30,36)(H,31,38)(H,32,39)(H,33,37)(H,40,41)(H4,27,28,29)/t12-,13-,14-,15-/m0/s1. The van der Waals surface area contributed by atoms with Gasteiger partial charge < -0.3 is 55.0 Å². The summed E-state index contributed by atoms with van der Waals surface area (Å²) in [4.78, 5) is 89.0. The number of nitrogens with two attached hydrogens (primary N) is 5. The van der Waals surface area contributed by atoms with Crippen LogP contribution in [0.4, 0.5) is 0 Å². The van der Waals surface area contributed by atoms with Gasteiger partial charge in [-0.2, -0.15) is 0 Å². The van der Waals surface area contributed by atoms with Crippen molar-refractivity contribution in [2.24, 2.45) is 39.6 Å². The Balaban J connectivity index is 5.93. The van der Waals surface area contributed by atoms with Crippen LogP contribution in [-0.2, 0) is 33.6 Å². The average molecular weight is 587 g/mol. The number of aliphatic imine (C=N–C) groups is 1. The number of rotatable bonds is 20. The maximum absolute atomic E-state index is 13.2. The Kier molecular flexibility index (Phi) is 16.7. The van der Waals surface area contributed by atoms with Crippen LogP contribution in [0.25, 0.3) is 0 Å². The molecule has 0 spiro atoms. The SMILES string of the molecule is CC(C)C[C@H](NC(=O)CN)C(=O)N[C@@H](CCCN=C(N)N)C(=O)N[C@@H](CC(N)=O)C(=O)N[C@@H](CCC(N)=O)C(=O)O. The normalized spacial score (nSPS) is 13.6. The summed E-state index contributed by atoms with van der Waals surface area (Å²) in [6.45, 7) is 3.35. The van der Waals surface area contributed by atoms with Crippen LogP contribution in [0.15, 0.2) is 4.99 Å². The molecule has 0 aliphatic heterocycles. The lowest BCUT2D eigenvalue weighted by atomic mass is 10.0. The highest BCUT2D eigenvalue weighted by atomic mass is 16.4. The van der Waals surface area contributed by atoms with Gasteiger partial charge in [-0.1, -0.05) is 13.8 Å². The van der Waals surface area contributed by atoms with Crippen molar-refractivity contribution in [3.05, 3.63) is 0 Å². The largest absolute Gasteiger partial charge is 0.480 e. The molecule has 0 aromatic carbocycles. The molecule has 0 aromatic rings. The number of nitrogens with zero attached hydrogens (tertiary/aromatic N) is 1. The summed E-state index contributed by atoms with van der Waals surface area (Å²) >= 11 is 0. The summed E-state index contributed by atoms with van der Waals surface area (Å²) in [7, 11) is 0. The highest BCUT2D eigenvalue weighted by molar-refractivity contribution is 5.96. The second kappa shape index (κ2) is 18.7. The fourth-order valence-corrected chi connectivity index (χ4v) is 3.50. The monoisotopic (exact) mass is 586 g/mol. The van der Waals surface area contributed by atoms with Crippen molar-refractivity contribution in [2.45, 2.75) is 76.5 Å². The van der Waals surface area contributed by atoms with Crippen molar-refractivity contribution in [3.8, 4) is 0 Å². The van der Waals surface area contributed by atoms with Gasteiger partial charge in [-0.3, -0.25) is 33.8 Å². The predicted molar refractivity (Wildman–Crippen MR) is 146 cm³/mol. The molecule has 4 atom stereocenters. The van der Waals surface area contributed by atoms with Gasteiger partial charge in [0, 0.05) is 13.0 Å². The molecule has 18 nitrogen and oxygen atoms in total. The van der Waals surface area contributed by atoms with Gasteiger partial charge in [0.2, 0.25) is 35.4 Å². The summed E-state index contributed by atoms with van der Waals surface area (Å²) in [5.41, 5.74) is 26.2. The minimum Gasteiger partial charge on any atom is -0.480 e. The number of carboxylic acid groups (broad SMARTS) is 1. The molecule has 0 saturated carbocycles. The van der Waals surface area contributed by atoms with E-state index in [1.54, 1.807) is 0 Å². The predicted octanol–water partition coefficient (Wildman–Crippen LogP) is -4.79. The Morgan fingerprint density at radius 3 is 1.76 bits per heavy atom. The number of hydrogen-bond donors (Lipinski definition) is 10. The molecule has 0 radical (unpaired) electrons. The topological polar surface area (TPSA) is 330 Å². The second-order valence-corrected chi connectivity index (χ2v) is 9.60. The van der Waals surface area contributed by atoms with Crippen molar-refractivity contribution in [2.75, 3.05) is 13.1 Å². The highest BCUT2D eigenvalue weighted by Crippen LogP contribution is 2.08. The number of amides is 6. The zero-order chi connectivity index (χ0) is 31.7. The van der Waals surface area contributed by atoms with E-state index in [9.17, 15) is 38.7 Å². The quantitative estimate of drug-likeness (QED) is 0.0366. The lowest BCUT2D eigenvalue weighted by molar-refractivity contribution is -0.142. The van der Waals surface area contributed by atoms with Gasteiger partial charge in [0.25, 0.3) is 0 Å². The number of hydrogen-bond acceptors (Lipinski definition) is 9. The average Bonchev–Trinajstić information content (AvgIpc) is 2.85. The molecule has 41 heavy (non-hydrogen) atoms. The van der Waals surface area contributed by atoms with E-state index in [4.69, 9.17) is 28.7 Å². The number of aliphatic carboxylic acids is 1. The van der Waals surface area contributed by atoms with Gasteiger partial charge in [-0.05, 0) is 31.6 Å². The van der Waals surface area contributed by atoms with Crippen LogP contribution in [0.1, 0.15) is 52.4 Å². The molecule has 0 saturated heterocycles. The highest BCUT2D eigenvalue weighted by Gasteiger charge is 2.32. The van der Waals surface area contributed by atoms with E-state index in [2.05, 4.69) is 26.3 Å². The van der Waals surface area contributed by atoms with E-state index in [1.165, 1.54) is 0 Å². The number of nitrogens with one attached hydrogen (secondary N) is 4. The molecular weight excluding hydrogens is 544 g/mol. The van der Waals surface area contributed by atoms with Crippen LogP contribution in [0, 0.1) is 5.92 Å². The maximum atomic E-state index is 13.2. The van der Waals surface area contributed by atoms with Gasteiger partial charge in [-0.15, -0.1) is 0 Å². The van der Waals surface area contributed by atoms with E-state index in [-0.39, 0.29) is 57.1 Å². The van der Waals surface area contributed by atoms with Crippen LogP contribution in [0.2, 0.25) is 0 Å². The third kappa shape index (κ3) is 16.3. The number of guanidine groups is 1. The Morgan fingerprint density at radius 2 is 1.27 bits per heavy atom. The lowest BCUT2D eigenvalue weighted by Crippen LogP contribution is -2.58. The first-order valence-electron chi connectivity index (χ1n) is 12.8. The van der Waals surface area contributed by atoms with E-state index in [1.807, 2.05) is 13.8 Å². The minimum absolute atomic E-state index is 0.0293. The van der Waals surface area contributed by atoms with Gasteiger partial charge in [0.05, 0.1) is 13.0 Å². The van der Waals surface area contributed by atoms with Crippen LogP contribution in [0.3, 0.4) is 0 Å². The molecule has 15 N–H and O–H groups in total. The molecular formula is C23H42N10O8. The van der Waals surface area contributed by atoms with Crippen LogP contribution in [0.5, 0.6) is 0 Å². The number of primary amides is 2. The van der Waals surface area contributed by atoms with E-state index in [0.29, 0.717) is 0 Å². The molecule has 0 aliphatic rings. The van der Waals surface area contributed by atoms with Crippen molar-refractivity contribution in [3.63, 3.8) is 0 Å². The molecule has 0 unspecified atom stereocenters. The third-order valence-electron chi connectivity index (χ3n) is 5.45. The Labute approximate surface area is 236 Å². The number of carbonyl (C=O) groups excluding carboxylic acids is 6. The van der Waals surface area contributed by atoms with E-state index >= 15 is 0 Å². The maximum Gasteiger partial charge on any atom is 0.326 e.